The molecule has 0 aliphatic carbocycles. The van der Waals surface area contributed by atoms with Crippen LogP contribution in [0.1, 0.15) is 23.2 Å². The van der Waals surface area contributed by atoms with Crippen LogP contribution < -0.4 is 11.1 Å². The zero-order valence-electron chi connectivity index (χ0n) is 9.93. The van der Waals surface area contributed by atoms with E-state index in [0.717, 1.165) is 13.0 Å². The van der Waals surface area contributed by atoms with Gasteiger partial charge in [-0.1, -0.05) is 0 Å². The lowest BCUT2D eigenvalue weighted by molar-refractivity contribution is 0.1000. The Morgan fingerprint density at radius 1 is 1.28 bits per heavy atom. The van der Waals surface area contributed by atoms with Crippen LogP contribution in [-0.4, -0.2) is 32.7 Å². The number of hydrogen-bond acceptors (Lipinski definition) is 4. The molecule has 1 unspecified atom stereocenters. The van der Waals surface area contributed by atoms with Gasteiger partial charge in [0.1, 0.15) is 0 Å². The normalized spacial score (nSPS) is 20.6. The van der Waals surface area contributed by atoms with Crippen molar-refractivity contribution in [2.24, 2.45) is 5.73 Å². The number of primary amides is 1. The largest absolute Gasteiger partial charge is 0.366 e. The lowest BCUT2D eigenvalue weighted by atomic mass is 10.2. The SMILES string of the molecule is NC(=O)c1ccc(S(=O)(=O)C2CCCNC2)cc1. The molecule has 5 nitrogen and oxygen atoms in total. The van der Waals surface area contributed by atoms with Gasteiger partial charge in [-0.25, -0.2) is 8.42 Å². The van der Waals surface area contributed by atoms with Gasteiger partial charge in [-0.3, -0.25) is 4.79 Å². The third kappa shape index (κ3) is 2.54. The fourth-order valence-electron chi connectivity index (χ4n) is 2.09. The van der Waals surface area contributed by atoms with E-state index < -0.39 is 15.7 Å². The van der Waals surface area contributed by atoms with E-state index in [-0.39, 0.29) is 10.1 Å². The van der Waals surface area contributed by atoms with Crippen molar-refractivity contribution >= 4 is 15.7 Å². The summed E-state index contributed by atoms with van der Waals surface area (Å²) in [6, 6.07) is 5.80. The maximum atomic E-state index is 12.3. The lowest BCUT2D eigenvalue weighted by Gasteiger charge is -2.22. The van der Waals surface area contributed by atoms with E-state index in [0.29, 0.717) is 18.5 Å². The summed E-state index contributed by atoms with van der Waals surface area (Å²) in [6.45, 7) is 1.35. The molecule has 0 bridgehead atoms. The minimum atomic E-state index is -3.32. The topological polar surface area (TPSA) is 89.3 Å². The molecule has 0 spiro atoms. The zero-order valence-corrected chi connectivity index (χ0v) is 10.7. The quantitative estimate of drug-likeness (QED) is 0.825. The Balaban J connectivity index is 2.26. The van der Waals surface area contributed by atoms with E-state index >= 15 is 0 Å². The molecule has 3 N–H and O–H groups in total. The summed E-state index contributed by atoms with van der Waals surface area (Å²) in [7, 11) is -3.32. The van der Waals surface area contributed by atoms with E-state index in [1.807, 2.05) is 0 Å². The summed E-state index contributed by atoms with van der Waals surface area (Å²) in [6.07, 6.45) is 1.54. The molecule has 1 heterocycles. The first-order valence-corrected chi connectivity index (χ1v) is 7.41. The van der Waals surface area contributed by atoms with Crippen molar-refractivity contribution in [1.29, 1.82) is 0 Å². The monoisotopic (exact) mass is 268 g/mol. The molecule has 0 aromatic heterocycles. The van der Waals surface area contributed by atoms with E-state index in [2.05, 4.69) is 5.32 Å². The molecule has 1 aromatic rings. The van der Waals surface area contributed by atoms with E-state index in [1.165, 1.54) is 24.3 Å². The number of nitrogens with two attached hydrogens (primary N) is 1. The first-order chi connectivity index (χ1) is 8.51. The van der Waals surface area contributed by atoms with Crippen LogP contribution in [0.4, 0.5) is 0 Å². The fourth-order valence-corrected chi connectivity index (χ4v) is 3.80. The van der Waals surface area contributed by atoms with Gasteiger partial charge in [-0.2, -0.15) is 0 Å². The second-order valence-electron chi connectivity index (χ2n) is 4.40. The Morgan fingerprint density at radius 2 is 1.94 bits per heavy atom. The van der Waals surface area contributed by atoms with Gasteiger partial charge >= 0.3 is 0 Å². The minimum Gasteiger partial charge on any atom is -0.366 e. The van der Waals surface area contributed by atoms with Gasteiger partial charge in [0.05, 0.1) is 10.1 Å². The molecular weight excluding hydrogens is 252 g/mol. The van der Waals surface area contributed by atoms with Gasteiger partial charge < -0.3 is 11.1 Å². The van der Waals surface area contributed by atoms with Crippen LogP contribution in [0.3, 0.4) is 0 Å². The summed E-state index contributed by atoms with van der Waals surface area (Å²) >= 11 is 0. The lowest BCUT2D eigenvalue weighted by Crippen LogP contribution is -2.38. The van der Waals surface area contributed by atoms with E-state index in [9.17, 15) is 13.2 Å². The average molecular weight is 268 g/mol. The molecule has 0 saturated carbocycles. The number of rotatable bonds is 3. The van der Waals surface area contributed by atoms with Crippen LogP contribution in [0.15, 0.2) is 29.2 Å². The molecule has 0 radical (unpaired) electrons. The summed E-state index contributed by atoms with van der Waals surface area (Å²) in [5.74, 6) is -0.557. The maximum absolute atomic E-state index is 12.3. The zero-order chi connectivity index (χ0) is 13.2. The number of piperidine rings is 1. The van der Waals surface area contributed by atoms with Crippen LogP contribution in [-0.2, 0) is 9.84 Å². The predicted octanol–water partition coefficient (Wildman–Crippen LogP) is 0.311. The Morgan fingerprint density at radius 3 is 2.44 bits per heavy atom. The van der Waals surface area contributed by atoms with E-state index in [1.54, 1.807) is 0 Å². The molecule has 1 saturated heterocycles. The van der Waals surface area contributed by atoms with Crippen LogP contribution in [0, 0.1) is 0 Å². The summed E-state index contributed by atoms with van der Waals surface area (Å²) in [5.41, 5.74) is 5.43. The number of amides is 1. The van der Waals surface area contributed by atoms with Crippen molar-refractivity contribution in [1.82, 2.24) is 5.32 Å². The molecule has 2 rings (SSSR count). The van der Waals surface area contributed by atoms with Crippen molar-refractivity contribution in [3.05, 3.63) is 29.8 Å². The molecule has 1 amide bonds. The van der Waals surface area contributed by atoms with Gasteiger partial charge in [-0.05, 0) is 43.7 Å². The fraction of sp³-hybridized carbons (Fsp3) is 0.417. The maximum Gasteiger partial charge on any atom is 0.248 e. The summed E-state index contributed by atoms with van der Waals surface area (Å²) in [4.78, 5) is 11.2. The molecule has 1 fully saturated rings. The number of carbonyl (C=O) groups is 1. The molecule has 1 atom stereocenters. The molecule has 98 valence electrons. The van der Waals surface area contributed by atoms with Crippen LogP contribution >= 0.6 is 0 Å². The Kier molecular flexibility index (Phi) is 3.68. The highest BCUT2D eigenvalue weighted by Gasteiger charge is 2.28. The number of hydrogen-bond donors (Lipinski definition) is 2. The van der Waals surface area contributed by atoms with Crippen LogP contribution in [0.5, 0.6) is 0 Å². The Bertz CT molecular complexity index is 531. The highest BCUT2D eigenvalue weighted by molar-refractivity contribution is 7.92. The summed E-state index contributed by atoms with van der Waals surface area (Å²) < 4.78 is 24.6. The molecular formula is C12H16N2O3S. The van der Waals surface area contributed by atoms with Gasteiger partial charge in [0, 0.05) is 12.1 Å². The second kappa shape index (κ2) is 5.07. The number of nitrogens with one attached hydrogen (secondary N) is 1. The highest BCUT2D eigenvalue weighted by atomic mass is 32.2. The summed E-state index contributed by atoms with van der Waals surface area (Å²) in [5, 5.41) is 2.70. The number of sulfone groups is 1. The smallest absolute Gasteiger partial charge is 0.248 e. The molecule has 1 aliphatic heterocycles. The first-order valence-electron chi connectivity index (χ1n) is 5.86. The Labute approximate surface area is 106 Å². The average Bonchev–Trinajstić information content (AvgIpc) is 2.40. The molecule has 18 heavy (non-hydrogen) atoms. The first kappa shape index (κ1) is 13.0. The second-order valence-corrected chi connectivity index (χ2v) is 6.63. The standard InChI is InChI=1S/C12H16N2O3S/c13-12(15)9-3-5-10(6-4-9)18(16,17)11-2-1-7-14-8-11/h3-6,11,14H,1-2,7-8H2,(H2,13,15). The molecule has 6 heteroatoms. The molecule has 1 aromatic carbocycles. The minimum absolute atomic E-state index is 0.251. The molecule has 1 aliphatic rings. The Hall–Kier alpha value is -1.40. The van der Waals surface area contributed by atoms with E-state index in [4.69, 9.17) is 5.73 Å². The highest BCUT2D eigenvalue weighted by Crippen LogP contribution is 2.21. The van der Waals surface area contributed by atoms with Gasteiger partial charge in [0.2, 0.25) is 5.91 Å². The third-order valence-corrected chi connectivity index (χ3v) is 5.37. The third-order valence-electron chi connectivity index (χ3n) is 3.16. The number of carbonyl (C=O) groups excluding carboxylic acids is 1. The van der Waals surface area contributed by atoms with Gasteiger partial charge in [0.15, 0.2) is 9.84 Å². The predicted molar refractivity (Wildman–Crippen MR) is 68.0 cm³/mol. The van der Waals surface area contributed by atoms with Gasteiger partial charge in [0.25, 0.3) is 0 Å². The van der Waals surface area contributed by atoms with Crippen molar-refractivity contribution in [2.75, 3.05) is 13.1 Å². The van der Waals surface area contributed by atoms with Crippen molar-refractivity contribution in [2.45, 2.75) is 23.0 Å². The van der Waals surface area contributed by atoms with Crippen LogP contribution in [0.25, 0.3) is 0 Å². The van der Waals surface area contributed by atoms with Gasteiger partial charge in [-0.15, -0.1) is 0 Å². The number of benzene rings is 1. The van der Waals surface area contributed by atoms with Crippen molar-refractivity contribution in [3.63, 3.8) is 0 Å². The van der Waals surface area contributed by atoms with Crippen LogP contribution in [0.2, 0.25) is 0 Å². The van der Waals surface area contributed by atoms with Crippen molar-refractivity contribution in [3.8, 4) is 0 Å². The van der Waals surface area contributed by atoms with Crippen molar-refractivity contribution < 1.29 is 13.2 Å².